The molecule has 0 saturated carbocycles. The molecular weight excluding hydrogens is 373 g/mol. The number of halogens is 1. The highest BCUT2D eigenvalue weighted by Crippen LogP contribution is 2.23. The third-order valence-electron chi connectivity index (χ3n) is 5.25. The second-order valence-electron chi connectivity index (χ2n) is 8.47. The molecule has 1 saturated heterocycles. The molecule has 0 unspecified atom stereocenters. The van der Waals surface area contributed by atoms with Gasteiger partial charge in [-0.25, -0.2) is 9.07 Å². The molecule has 0 bridgehead atoms. The van der Waals surface area contributed by atoms with Crippen molar-refractivity contribution in [3.63, 3.8) is 0 Å². The van der Waals surface area contributed by atoms with Gasteiger partial charge in [0.1, 0.15) is 11.3 Å². The lowest BCUT2D eigenvalue weighted by Crippen LogP contribution is -2.47. The van der Waals surface area contributed by atoms with E-state index in [0.29, 0.717) is 23.7 Å². The maximum atomic E-state index is 13.3. The first-order valence-electron chi connectivity index (χ1n) is 9.92. The van der Waals surface area contributed by atoms with Gasteiger partial charge < -0.3 is 9.32 Å². The molecule has 1 aliphatic heterocycles. The summed E-state index contributed by atoms with van der Waals surface area (Å²) in [4.78, 5) is 21.0. The van der Waals surface area contributed by atoms with Gasteiger partial charge in [0.05, 0.1) is 12.2 Å². The molecule has 0 radical (unpaired) electrons. The van der Waals surface area contributed by atoms with E-state index in [-0.39, 0.29) is 16.8 Å². The lowest BCUT2D eigenvalue weighted by molar-refractivity contribution is 0.238. The zero-order valence-corrected chi connectivity index (χ0v) is 17.1. The van der Waals surface area contributed by atoms with Crippen LogP contribution < -0.4 is 10.5 Å². The summed E-state index contributed by atoms with van der Waals surface area (Å²) in [6.45, 7) is 10.8. The monoisotopic (exact) mass is 399 g/mol. The Labute approximate surface area is 168 Å². The van der Waals surface area contributed by atoms with Gasteiger partial charge in [-0.1, -0.05) is 20.8 Å². The van der Waals surface area contributed by atoms with Crippen molar-refractivity contribution in [2.75, 3.05) is 37.6 Å². The van der Waals surface area contributed by atoms with Crippen molar-refractivity contribution in [2.24, 2.45) is 0 Å². The summed E-state index contributed by atoms with van der Waals surface area (Å²) in [5.74, 6) is -0.329. The summed E-state index contributed by atoms with van der Waals surface area (Å²) in [5.41, 5.74) is 1.87. The third-order valence-corrected chi connectivity index (χ3v) is 5.25. The van der Waals surface area contributed by atoms with E-state index < -0.39 is 0 Å². The number of nitrogens with zero attached hydrogens (tertiary/aromatic N) is 5. The molecular formula is C21H26FN5O2. The van der Waals surface area contributed by atoms with Crippen LogP contribution in [0.3, 0.4) is 0 Å². The molecule has 1 aromatic carbocycles. The number of hydrogen-bond donors (Lipinski definition) is 0. The Morgan fingerprint density at radius 1 is 1.07 bits per heavy atom. The number of rotatable bonds is 4. The number of anilines is 1. The predicted octanol–water partition coefficient (Wildman–Crippen LogP) is 2.64. The molecule has 1 fully saturated rings. The maximum absolute atomic E-state index is 13.3. The lowest BCUT2D eigenvalue weighted by Gasteiger charge is -2.33. The number of hydrogen-bond acceptors (Lipinski definition) is 6. The number of aromatic nitrogens is 3. The normalized spacial score (nSPS) is 15.9. The summed E-state index contributed by atoms with van der Waals surface area (Å²) in [5, 5.41) is 4.53. The van der Waals surface area contributed by atoms with Crippen LogP contribution in [0.4, 0.5) is 10.4 Å². The zero-order chi connectivity index (χ0) is 20.6. The molecule has 1 aliphatic rings. The molecule has 0 N–H and O–H groups in total. The Balaban J connectivity index is 1.36. The van der Waals surface area contributed by atoms with Crippen LogP contribution in [0.15, 0.2) is 39.5 Å². The average Bonchev–Trinajstić information content (AvgIpc) is 3.10. The molecule has 0 atom stereocenters. The Morgan fingerprint density at radius 3 is 2.55 bits per heavy atom. The third kappa shape index (κ3) is 4.32. The van der Waals surface area contributed by atoms with Crippen LogP contribution in [0.25, 0.3) is 11.1 Å². The molecule has 3 aromatic rings. The van der Waals surface area contributed by atoms with E-state index in [1.807, 2.05) is 6.07 Å². The van der Waals surface area contributed by atoms with Gasteiger partial charge in [0.2, 0.25) is 0 Å². The van der Waals surface area contributed by atoms with Gasteiger partial charge in [-0.2, -0.15) is 10.1 Å². The van der Waals surface area contributed by atoms with Crippen LogP contribution in [-0.4, -0.2) is 52.4 Å². The predicted molar refractivity (Wildman–Crippen MR) is 110 cm³/mol. The number of fused-ring (bicyclic) bond motifs is 1. The summed E-state index contributed by atoms with van der Waals surface area (Å²) < 4.78 is 20.6. The standard InChI is InChI=1S/C21H26FN5O2/c1-21(2,3)18-6-7-19(28)27(24-18)13-10-25-8-11-26(12-9-25)20-23-16-5-4-15(22)14-17(16)29-20/h4-7,14H,8-13H2,1-3H3. The van der Waals surface area contributed by atoms with Crippen LogP contribution in [0.1, 0.15) is 26.5 Å². The minimum Gasteiger partial charge on any atom is -0.423 e. The van der Waals surface area contributed by atoms with Gasteiger partial charge in [-0.3, -0.25) is 9.69 Å². The van der Waals surface area contributed by atoms with Crippen molar-refractivity contribution in [2.45, 2.75) is 32.7 Å². The Hall–Kier alpha value is -2.74. The molecule has 154 valence electrons. The summed E-state index contributed by atoms with van der Waals surface area (Å²) in [6.07, 6.45) is 0. The van der Waals surface area contributed by atoms with Crippen molar-refractivity contribution < 1.29 is 8.81 Å². The smallest absolute Gasteiger partial charge is 0.298 e. The second kappa shape index (κ2) is 7.59. The SMILES string of the molecule is CC(C)(C)c1ccc(=O)n(CCN2CCN(c3nc4ccc(F)cc4o3)CC2)n1. The molecule has 4 rings (SSSR count). The fourth-order valence-electron chi connectivity index (χ4n) is 3.43. The molecule has 3 heterocycles. The summed E-state index contributed by atoms with van der Waals surface area (Å²) in [6, 6.07) is 8.31. The summed E-state index contributed by atoms with van der Waals surface area (Å²) >= 11 is 0. The van der Waals surface area contributed by atoms with Crippen LogP contribution in [0, 0.1) is 5.82 Å². The molecule has 0 spiro atoms. The highest BCUT2D eigenvalue weighted by atomic mass is 19.1. The first kappa shape index (κ1) is 19.6. The van der Waals surface area contributed by atoms with E-state index in [0.717, 1.165) is 38.4 Å². The van der Waals surface area contributed by atoms with Crippen molar-refractivity contribution in [3.05, 3.63) is 52.2 Å². The van der Waals surface area contributed by atoms with Crippen molar-refractivity contribution >= 4 is 17.1 Å². The highest BCUT2D eigenvalue weighted by Gasteiger charge is 2.22. The molecule has 8 heteroatoms. The Bertz CT molecular complexity index is 1060. The average molecular weight is 399 g/mol. The second-order valence-corrected chi connectivity index (χ2v) is 8.47. The van der Waals surface area contributed by atoms with Gasteiger partial charge in [-0.15, -0.1) is 0 Å². The maximum Gasteiger partial charge on any atom is 0.298 e. The quantitative estimate of drug-likeness (QED) is 0.672. The minimum atomic E-state index is -0.329. The fraction of sp³-hybridized carbons (Fsp3) is 0.476. The highest BCUT2D eigenvalue weighted by molar-refractivity contribution is 5.74. The first-order valence-corrected chi connectivity index (χ1v) is 9.92. The van der Waals surface area contributed by atoms with Crippen LogP contribution in [-0.2, 0) is 12.0 Å². The van der Waals surface area contributed by atoms with Gasteiger partial charge in [0, 0.05) is 50.3 Å². The number of piperazine rings is 1. The van der Waals surface area contributed by atoms with Crippen LogP contribution in [0.2, 0.25) is 0 Å². The lowest BCUT2D eigenvalue weighted by atomic mass is 9.92. The summed E-state index contributed by atoms with van der Waals surface area (Å²) in [7, 11) is 0. The van der Waals surface area contributed by atoms with E-state index in [1.54, 1.807) is 16.8 Å². The minimum absolute atomic E-state index is 0.0738. The van der Waals surface area contributed by atoms with Crippen molar-refractivity contribution in [1.82, 2.24) is 19.7 Å². The molecule has 0 aliphatic carbocycles. The van der Waals surface area contributed by atoms with E-state index >= 15 is 0 Å². The van der Waals surface area contributed by atoms with Gasteiger partial charge in [0.15, 0.2) is 5.58 Å². The number of oxazole rings is 1. The molecule has 7 nitrogen and oxygen atoms in total. The van der Waals surface area contributed by atoms with E-state index in [1.165, 1.54) is 12.1 Å². The van der Waals surface area contributed by atoms with Crippen molar-refractivity contribution in [1.29, 1.82) is 0 Å². The van der Waals surface area contributed by atoms with Crippen LogP contribution >= 0.6 is 0 Å². The number of benzene rings is 1. The van der Waals surface area contributed by atoms with E-state index in [9.17, 15) is 9.18 Å². The van der Waals surface area contributed by atoms with Gasteiger partial charge in [0.25, 0.3) is 11.6 Å². The zero-order valence-electron chi connectivity index (χ0n) is 17.1. The Morgan fingerprint density at radius 2 is 1.83 bits per heavy atom. The molecule has 0 amide bonds. The fourth-order valence-corrected chi connectivity index (χ4v) is 3.43. The van der Waals surface area contributed by atoms with E-state index in [2.05, 4.69) is 40.7 Å². The largest absolute Gasteiger partial charge is 0.423 e. The van der Waals surface area contributed by atoms with Crippen molar-refractivity contribution in [3.8, 4) is 0 Å². The molecule has 29 heavy (non-hydrogen) atoms. The van der Waals surface area contributed by atoms with E-state index in [4.69, 9.17) is 4.42 Å². The van der Waals surface area contributed by atoms with Gasteiger partial charge in [-0.05, 0) is 18.2 Å². The molecule has 2 aromatic heterocycles. The first-order chi connectivity index (χ1) is 13.8. The topological polar surface area (TPSA) is 67.4 Å². The Kier molecular flexibility index (Phi) is 5.12. The van der Waals surface area contributed by atoms with Gasteiger partial charge >= 0.3 is 0 Å². The van der Waals surface area contributed by atoms with Crippen LogP contribution in [0.5, 0.6) is 0 Å².